The van der Waals surface area contributed by atoms with E-state index in [9.17, 15) is 17.6 Å². The summed E-state index contributed by atoms with van der Waals surface area (Å²) in [4.78, 5) is 11.4. The molecule has 1 aromatic heterocycles. The maximum Gasteiger partial charge on any atom is 0.336 e. The van der Waals surface area contributed by atoms with Crippen LogP contribution in [-0.4, -0.2) is 18.8 Å². The molecule has 5 nitrogen and oxygen atoms in total. The monoisotopic (exact) mass is 373 g/mol. The first-order chi connectivity index (χ1) is 12.4. The predicted octanol–water partition coefficient (Wildman–Crippen LogP) is 3.29. The van der Waals surface area contributed by atoms with Gasteiger partial charge in [0.15, 0.2) is 0 Å². The summed E-state index contributed by atoms with van der Waals surface area (Å²) in [5, 5.41) is 0.521. The highest BCUT2D eigenvalue weighted by Crippen LogP contribution is 2.34. The summed E-state index contributed by atoms with van der Waals surface area (Å²) in [6, 6.07) is 13.2. The number of rotatable bonds is 5. The molecule has 1 aliphatic carbocycles. The van der Waals surface area contributed by atoms with Gasteiger partial charge in [0.2, 0.25) is 10.0 Å². The van der Waals surface area contributed by atoms with Gasteiger partial charge in [-0.15, -0.1) is 0 Å². The van der Waals surface area contributed by atoms with E-state index in [1.165, 1.54) is 40.7 Å². The van der Waals surface area contributed by atoms with Crippen molar-refractivity contribution in [1.29, 1.82) is 0 Å². The molecule has 26 heavy (non-hydrogen) atoms. The Bertz CT molecular complexity index is 1140. The molecular formula is C19H16FNO4S. The van der Waals surface area contributed by atoms with E-state index in [2.05, 4.69) is 0 Å². The fourth-order valence-corrected chi connectivity index (χ4v) is 4.61. The topological polar surface area (TPSA) is 67.6 Å². The number of fused-ring (bicyclic) bond motifs is 1. The number of hydrogen-bond acceptors (Lipinski definition) is 4. The van der Waals surface area contributed by atoms with Gasteiger partial charge in [-0.25, -0.2) is 17.6 Å². The van der Waals surface area contributed by atoms with Gasteiger partial charge in [0, 0.05) is 29.6 Å². The number of benzene rings is 2. The maximum atomic E-state index is 14.0. The number of halogens is 1. The SMILES string of the molecule is O=c1ccc2cc(S(=O)(=O)N(Cc3ccccc3F)C3CC3)ccc2o1. The van der Waals surface area contributed by atoms with Crippen LogP contribution in [0, 0.1) is 5.82 Å². The summed E-state index contributed by atoms with van der Waals surface area (Å²) >= 11 is 0. The molecule has 3 aromatic rings. The second kappa shape index (κ2) is 6.34. The van der Waals surface area contributed by atoms with E-state index in [1.54, 1.807) is 18.2 Å². The molecule has 1 saturated carbocycles. The molecule has 0 atom stereocenters. The molecule has 0 bridgehead atoms. The van der Waals surface area contributed by atoms with Crippen molar-refractivity contribution in [2.45, 2.75) is 30.3 Å². The van der Waals surface area contributed by atoms with E-state index in [4.69, 9.17) is 4.42 Å². The van der Waals surface area contributed by atoms with Crippen LogP contribution in [-0.2, 0) is 16.6 Å². The van der Waals surface area contributed by atoms with E-state index in [0.717, 1.165) is 12.8 Å². The first-order valence-corrected chi connectivity index (χ1v) is 9.68. The summed E-state index contributed by atoms with van der Waals surface area (Å²) in [6.45, 7) is -0.0123. The molecule has 0 aliphatic heterocycles. The minimum atomic E-state index is -3.81. The lowest BCUT2D eigenvalue weighted by Crippen LogP contribution is -2.33. The molecule has 2 aromatic carbocycles. The zero-order valence-electron chi connectivity index (χ0n) is 13.8. The van der Waals surface area contributed by atoms with Crippen LogP contribution in [0.5, 0.6) is 0 Å². The van der Waals surface area contributed by atoms with Crippen molar-refractivity contribution in [2.24, 2.45) is 0 Å². The first kappa shape index (κ1) is 16.9. The molecule has 0 spiro atoms. The Hall–Kier alpha value is -2.51. The lowest BCUT2D eigenvalue weighted by molar-refractivity contribution is 0.391. The Kier molecular flexibility index (Phi) is 4.13. The zero-order valence-corrected chi connectivity index (χ0v) is 14.6. The normalized spacial score (nSPS) is 14.8. The molecule has 7 heteroatoms. The predicted molar refractivity (Wildman–Crippen MR) is 94.6 cm³/mol. The van der Waals surface area contributed by atoms with Crippen LogP contribution in [0.15, 0.2) is 68.7 Å². The van der Waals surface area contributed by atoms with Crippen molar-refractivity contribution >= 4 is 21.0 Å². The molecule has 0 unspecified atom stereocenters. The summed E-state index contributed by atoms with van der Waals surface area (Å²) in [7, 11) is -3.81. The van der Waals surface area contributed by atoms with Crippen LogP contribution < -0.4 is 5.63 Å². The van der Waals surface area contributed by atoms with Crippen LogP contribution >= 0.6 is 0 Å². The minimum absolute atomic E-state index is 0.0123. The highest BCUT2D eigenvalue weighted by atomic mass is 32.2. The van der Waals surface area contributed by atoms with E-state index in [1.807, 2.05) is 0 Å². The van der Waals surface area contributed by atoms with Crippen molar-refractivity contribution in [3.8, 4) is 0 Å². The van der Waals surface area contributed by atoms with Crippen molar-refractivity contribution in [1.82, 2.24) is 4.31 Å². The van der Waals surface area contributed by atoms with Gasteiger partial charge in [-0.1, -0.05) is 18.2 Å². The van der Waals surface area contributed by atoms with Gasteiger partial charge in [-0.3, -0.25) is 0 Å². The van der Waals surface area contributed by atoms with Gasteiger partial charge in [0.05, 0.1) is 4.90 Å². The van der Waals surface area contributed by atoms with E-state index < -0.39 is 21.5 Å². The van der Waals surface area contributed by atoms with Crippen LogP contribution in [0.2, 0.25) is 0 Å². The van der Waals surface area contributed by atoms with E-state index in [-0.39, 0.29) is 17.5 Å². The highest BCUT2D eigenvalue weighted by molar-refractivity contribution is 7.89. The van der Waals surface area contributed by atoms with Gasteiger partial charge in [0.25, 0.3) is 0 Å². The molecule has 0 N–H and O–H groups in total. The minimum Gasteiger partial charge on any atom is -0.423 e. The molecule has 1 fully saturated rings. The van der Waals surface area contributed by atoms with Crippen molar-refractivity contribution in [2.75, 3.05) is 0 Å². The van der Waals surface area contributed by atoms with Crippen LogP contribution in [0.25, 0.3) is 11.0 Å². The second-order valence-electron chi connectivity index (χ2n) is 6.33. The average molecular weight is 373 g/mol. The van der Waals surface area contributed by atoms with Gasteiger partial charge in [-0.05, 0) is 43.2 Å². The van der Waals surface area contributed by atoms with Crippen LogP contribution in [0.1, 0.15) is 18.4 Å². The standard InChI is InChI=1S/C19H16FNO4S/c20-17-4-2-1-3-14(17)12-21(15-6-7-15)26(23,24)16-8-9-18-13(11-16)5-10-19(22)25-18/h1-5,8-11,15H,6-7,12H2. The Labute approximate surface area is 149 Å². The second-order valence-corrected chi connectivity index (χ2v) is 8.22. The quantitative estimate of drug-likeness (QED) is 0.644. The molecule has 134 valence electrons. The third-order valence-corrected chi connectivity index (χ3v) is 6.33. The summed E-state index contributed by atoms with van der Waals surface area (Å²) in [5.41, 5.74) is 0.172. The van der Waals surface area contributed by atoms with Crippen LogP contribution in [0.4, 0.5) is 4.39 Å². The fraction of sp³-hybridized carbons (Fsp3) is 0.211. The molecule has 0 radical (unpaired) electrons. The van der Waals surface area contributed by atoms with Gasteiger partial charge in [0.1, 0.15) is 11.4 Å². The lowest BCUT2D eigenvalue weighted by atomic mass is 10.2. The third kappa shape index (κ3) is 3.15. The Balaban J connectivity index is 1.74. The Morgan fingerprint density at radius 1 is 1.08 bits per heavy atom. The summed E-state index contributed by atoms with van der Waals surface area (Å²) < 4.78 is 46.7. The first-order valence-electron chi connectivity index (χ1n) is 8.24. The number of hydrogen-bond donors (Lipinski definition) is 0. The molecule has 1 aliphatic rings. The molecule has 4 rings (SSSR count). The molecule has 0 saturated heterocycles. The Morgan fingerprint density at radius 2 is 1.85 bits per heavy atom. The van der Waals surface area contributed by atoms with E-state index >= 15 is 0 Å². The fourth-order valence-electron chi connectivity index (χ4n) is 2.91. The largest absolute Gasteiger partial charge is 0.423 e. The number of nitrogens with zero attached hydrogens (tertiary/aromatic N) is 1. The maximum absolute atomic E-state index is 14.0. The molecular weight excluding hydrogens is 357 g/mol. The van der Waals surface area contributed by atoms with Crippen LogP contribution in [0.3, 0.4) is 0 Å². The zero-order chi connectivity index (χ0) is 18.3. The summed E-state index contributed by atoms with van der Waals surface area (Å²) in [5.74, 6) is -0.423. The highest BCUT2D eigenvalue weighted by Gasteiger charge is 2.38. The molecule has 0 amide bonds. The number of sulfonamides is 1. The molecule has 1 heterocycles. The van der Waals surface area contributed by atoms with Gasteiger partial charge < -0.3 is 4.42 Å². The van der Waals surface area contributed by atoms with E-state index in [0.29, 0.717) is 16.5 Å². The lowest BCUT2D eigenvalue weighted by Gasteiger charge is -2.22. The van der Waals surface area contributed by atoms with Crippen molar-refractivity contribution in [3.63, 3.8) is 0 Å². The summed E-state index contributed by atoms with van der Waals surface area (Å²) in [6.07, 6.45) is 1.52. The smallest absolute Gasteiger partial charge is 0.336 e. The van der Waals surface area contributed by atoms with Gasteiger partial charge in [-0.2, -0.15) is 4.31 Å². The third-order valence-electron chi connectivity index (χ3n) is 4.44. The van der Waals surface area contributed by atoms with Crippen molar-refractivity contribution in [3.05, 3.63) is 76.4 Å². The van der Waals surface area contributed by atoms with Crippen molar-refractivity contribution < 1.29 is 17.2 Å². The Morgan fingerprint density at radius 3 is 2.58 bits per heavy atom. The van der Waals surface area contributed by atoms with Gasteiger partial charge >= 0.3 is 5.63 Å². The average Bonchev–Trinajstić information content (AvgIpc) is 3.45.